The zero-order chi connectivity index (χ0) is 24.5. The monoisotopic (exact) mass is 487 g/mol. The standard InChI is InChI=1S/C26H25N5O3S/c1-18(2)19-8-14-23(15-9-19)33-16-25-30-31-26(34-25)35-17-24(32)27-20-10-12-22(13-11-20)29-28-21-6-4-3-5-7-21/h3-15,18H,16-17H2,1-2H3,(H,27,32). The first-order chi connectivity index (χ1) is 17.0. The number of hydrogen-bond donors (Lipinski definition) is 1. The van der Waals surface area contributed by atoms with Crippen molar-refractivity contribution in [2.45, 2.75) is 31.6 Å². The van der Waals surface area contributed by atoms with Gasteiger partial charge in [0.25, 0.3) is 11.1 Å². The van der Waals surface area contributed by atoms with Crippen molar-refractivity contribution in [2.75, 3.05) is 11.1 Å². The summed E-state index contributed by atoms with van der Waals surface area (Å²) in [6.07, 6.45) is 0. The fraction of sp³-hybridized carbons (Fsp3) is 0.192. The predicted octanol–water partition coefficient (Wildman–Crippen LogP) is 6.92. The van der Waals surface area contributed by atoms with Crippen LogP contribution in [0.25, 0.3) is 0 Å². The number of benzene rings is 3. The second-order valence-electron chi connectivity index (χ2n) is 7.89. The molecule has 0 saturated heterocycles. The van der Waals surface area contributed by atoms with Gasteiger partial charge in [0, 0.05) is 5.69 Å². The topological polar surface area (TPSA) is 102 Å². The summed E-state index contributed by atoms with van der Waals surface area (Å²) in [4.78, 5) is 12.3. The molecule has 3 aromatic carbocycles. The molecule has 4 rings (SSSR count). The van der Waals surface area contributed by atoms with Crippen LogP contribution < -0.4 is 10.1 Å². The maximum atomic E-state index is 12.3. The molecule has 0 aliphatic carbocycles. The van der Waals surface area contributed by atoms with Gasteiger partial charge in [-0.15, -0.1) is 10.2 Å². The molecule has 35 heavy (non-hydrogen) atoms. The molecule has 0 radical (unpaired) electrons. The molecule has 0 saturated carbocycles. The van der Waals surface area contributed by atoms with Gasteiger partial charge in [-0.25, -0.2) is 0 Å². The molecule has 0 aliphatic rings. The van der Waals surface area contributed by atoms with E-state index in [4.69, 9.17) is 9.15 Å². The Kier molecular flexibility index (Phi) is 8.24. The fourth-order valence-corrected chi connectivity index (χ4v) is 3.58. The van der Waals surface area contributed by atoms with Crippen molar-refractivity contribution in [2.24, 2.45) is 10.2 Å². The van der Waals surface area contributed by atoms with Crippen molar-refractivity contribution >= 4 is 34.7 Å². The molecule has 0 spiro atoms. The lowest BCUT2D eigenvalue weighted by atomic mass is 10.0. The van der Waals surface area contributed by atoms with Gasteiger partial charge in [0.1, 0.15) is 5.75 Å². The van der Waals surface area contributed by atoms with Crippen LogP contribution in [-0.2, 0) is 11.4 Å². The number of nitrogens with one attached hydrogen (secondary N) is 1. The van der Waals surface area contributed by atoms with E-state index in [-0.39, 0.29) is 18.3 Å². The molecule has 0 aliphatic heterocycles. The SMILES string of the molecule is CC(C)c1ccc(OCc2nnc(SCC(=O)Nc3ccc(N=Nc4ccccc4)cc3)o2)cc1. The number of anilines is 1. The van der Waals surface area contributed by atoms with E-state index in [9.17, 15) is 4.79 Å². The van der Waals surface area contributed by atoms with Crippen LogP contribution in [0.15, 0.2) is 98.7 Å². The molecule has 0 atom stereocenters. The zero-order valence-corrected chi connectivity index (χ0v) is 20.2. The summed E-state index contributed by atoms with van der Waals surface area (Å²) in [6, 6.07) is 24.5. The normalized spacial score (nSPS) is 11.2. The fourth-order valence-electron chi connectivity index (χ4n) is 2.99. The van der Waals surface area contributed by atoms with Crippen LogP contribution in [0.4, 0.5) is 17.1 Å². The van der Waals surface area contributed by atoms with Gasteiger partial charge in [0.15, 0.2) is 6.61 Å². The van der Waals surface area contributed by atoms with E-state index < -0.39 is 0 Å². The minimum Gasteiger partial charge on any atom is -0.484 e. The van der Waals surface area contributed by atoms with Crippen molar-refractivity contribution in [1.29, 1.82) is 0 Å². The van der Waals surface area contributed by atoms with Gasteiger partial charge in [-0.2, -0.15) is 10.2 Å². The van der Waals surface area contributed by atoms with Gasteiger partial charge in [0.05, 0.1) is 17.1 Å². The van der Waals surface area contributed by atoms with Gasteiger partial charge in [-0.05, 0) is 60.0 Å². The summed E-state index contributed by atoms with van der Waals surface area (Å²) in [5.41, 5.74) is 3.38. The maximum Gasteiger partial charge on any atom is 0.277 e. The Bertz CT molecular complexity index is 1260. The van der Waals surface area contributed by atoms with Gasteiger partial charge in [-0.1, -0.05) is 55.9 Å². The highest BCUT2D eigenvalue weighted by molar-refractivity contribution is 7.99. The van der Waals surface area contributed by atoms with Crippen LogP contribution in [0.1, 0.15) is 31.2 Å². The summed E-state index contributed by atoms with van der Waals surface area (Å²) in [5.74, 6) is 1.49. The number of amides is 1. The highest BCUT2D eigenvalue weighted by Crippen LogP contribution is 2.22. The van der Waals surface area contributed by atoms with Crippen LogP contribution in [0, 0.1) is 0 Å². The average molecular weight is 488 g/mol. The number of carbonyl (C=O) groups is 1. The van der Waals surface area contributed by atoms with Crippen molar-refractivity contribution in [1.82, 2.24) is 10.2 Å². The van der Waals surface area contributed by atoms with E-state index >= 15 is 0 Å². The molecule has 1 heterocycles. The summed E-state index contributed by atoms with van der Waals surface area (Å²) in [6.45, 7) is 4.45. The minimum atomic E-state index is -0.185. The Morgan fingerprint density at radius 1 is 0.943 bits per heavy atom. The molecule has 8 nitrogen and oxygen atoms in total. The molecule has 0 unspecified atom stereocenters. The zero-order valence-electron chi connectivity index (χ0n) is 19.4. The van der Waals surface area contributed by atoms with Crippen molar-refractivity contribution < 1.29 is 13.9 Å². The molecule has 1 amide bonds. The van der Waals surface area contributed by atoms with Crippen molar-refractivity contribution in [3.63, 3.8) is 0 Å². The molecular weight excluding hydrogens is 462 g/mol. The third-order valence-electron chi connectivity index (χ3n) is 4.87. The second-order valence-corrected chi connectivity index (χ2v) is 8.82. The summed E-state index contributed by atoms with van der Waals surface area (Å²) in [5, 5.41) is 19.4. The van der Waals surface area contributed by atoms with Gasteiger partial charge >= 0.3 is 0 Å². The number of aromatic nitrogens is 2. The summed E-state index contributed by atoms with van der Waals surface area (Å²) in [7, 11) is 0. The molecule has 0 fully saturated rings. The third kappa shape index (κ3) is 7.51. The summed E-state index contributed by atoms with van der Waals surface area (Å²) < 4.78 is 11.3. The predicted molar refractivity (Wildman–Crippen MR) is 136 cm³/mol. The Morgan fingerprint density at radius 3 is 2.31 bits per heavy atom. The largest absolute Gasteiger partial charge is 0.484 e. The molecular formula is C26H25N5O3S. The Hall–Kier alpha value is -3.98. The Morgan fingerprint density at radius 2 is 1.63 bits per heavy atom. The van der Waals surface area contributed by atoms with Crippen LogP contribution in [0.5, 0.6) is 5.75 Å². The van der Waals surface area contributed by atoms with Crippen molar-refractivity contribution in [3.05, 3.63) is 90.3 Å². The van der Waals surface area contributed by atoms with E-state index in [0.29, 0.717) is 28.4 Å². The maximum absolute atomic E-state index is 12.3. The van der Waals surface area contributed by atoms with E-state index in [1.807, 2.05) is 54.6 Å². The van der Waals surface area contributed by atoms with E-state index in [1.54, 1.807) is 24.3 Å². The van der Waals surface area contributed by atoms with Crippen LogP contribution >= 0.6 is 11.8 Å². The third-order valence-corrected chi connectivity index (χ3v) is 5.69. The number of carbonyl (C=O) groups excluding carboxylic acids is 1. The van der Waals surface area contributed by atoms with E-state index in [1.165, 1.54) is 5.56 Å². The lowest BCUT2D eigenvalue weighted by Gasteiger charge is -2.07. The molecule has 4 aromatic rings. The first-order valence-corrected chi connectivity index (χ1v) is 12.1. The van der Waals surface area contributed by atoms with E-state index in [2.05, 4.69) is 39.6 Å². The Labute approximate surface area is 207 Å². The quantitative estimate of drug-likeness (QED) is 0.192. The van der Waals surface area contributed by atoms with Crippen LogP contribution in [0.3, 0.4) is 0 Å². The highest BCUT2D eigenvalue weighted by atomic mass is 32.2. The van der Waals surface area contributed by atoms with Crippen LogP contribution in [-0.4, -0.2) is 21.9 Å². The van der Waals surface area contributed by atoms with Gasteiger partial charge < -0.3 is 14.5 Å². The number of thioether (sulfide) groups is 1. The smallest absolute Gasteiger partial charge is 0.277 e. The average Bonchev–Trinajstić information content (AvgIpc) is 3.34. The van der Waals surface area contributed by atoms with Crippen molar-refractivity contribution in [3.8, 4) is 5.75 Å². The Balaban J connectivity index is 1.21. The molecule has 1 aromatic heterocycles. The number of ether oxygens (including phenoxy) is 1. The minimum absolute atomic E-state index is 0.134. The van der Waals surface area contributed by atoms with Crippen LogP contribution in [0.2, 0.25) is 0 Å². The lowest BCUT2D eigenvalue weighted by Crippen LogP contribution is -2.13. The lowest BCUT2D eigenvalue weighted by molar-refractivity contribution is -0.113. The molecule has 178 valence electrons. The number of azo groups is 1. The number of hydrogen-bond acceptors (Lipinski definition) is 8. The number of nitrogens with zero attached hydrogens (tertiary/aromatic N) is 4. The first kappa shape index (κ1) is 24.2. The highest BCUT2D eigenvalue weighted by Gasteiger charge is 2.11. The van der Waals surface area contributed by atoms with Gasteiger partial charge in [-0.3, -0.25) is 4.79 Å². The molecule has 1 N–H and O–H groups in total. The molecule has 9 heteroatoms. The van der Waals surface area contributed by atoms with E-state index in [0.717, 1.165) is 23.2 Å². The van der Waals surface area contributed by atoms with Gasteiger partial charge in [0.2, 0.25) is 5.91 Å². The second kappa shape index (κ2) is 11.9. The molecule has 0 bridgehead atoms. The number of rotatable bonds is 10. The first-order valence-electron chi connectivity index (χ1n) is 11.1. The summed E-state index contributed by atoms with van der Waals surface area (Å²) >= 11 is 1.16.